The Labute approximate surface area is 296 Å². The Morgan fingerprint density at radius 1 is 0.479 bits per heavy atom. The third kappa shape index (κ3) is 6.41. The summed E-state index contributed by atoms with van der Waals surface area (Å²) in [6.45, 7) is 5.09. The third-order valence-corrected chi connectivity index (χ3v) is 9.37. The van der Waals surface area contributed by atoms with Crippen molar-refractivity contribution in [2.24, 2.45) is 0 Å². The summed E-state index contributed by atoms with van der Waals surface area (Å²) in [5.74, 6) is 3.09. The fourth-order valence-corrected chi connectivity index (χ4v) is 7.25. The summed E-state index contributed by atoms with van der Waals surface area (Å²) < 4.78 is 24.7. The summed E-state index contributed by atoms with van der Waals surface area (Å²) in [5, 5.41) is 0.633. The minimum Gasteiger partial charge on any atom is -0.497 e. The Bertz CT molecular complexity index is 2040. The van der Waals surface area contributed by atoms with E-state index in [1.165, 1.54) is 0 Å². The predicted molar refractivity (Wildman–Crippen MR) is 202 cm³/mol. The molecule has 0 aliphatic carbocycles. The normalized spacial score (nSPS) is 10.9. The highest BCUT2D eigenvalue weighted by molar-refractivity contribution is 9.10. The molecule has 48 heavy (non-hydrogen) atoms. The standard InChI is InChI=1S/C42H36BrClO4/c1-5-47-30-25-21-28(22-26-30)38-37(27-19-23-29(45-3)24-20-27)39(33-15-9-12-18-36(33)48-6-2)40(32-14-8-11-17-35(32)46-4)41(42(38)43)31-13-7-10-16-34(31)44/h7-26H,5-6H2,1-4H3. The van der Waals surface area contributed by atoms with E-state index >= 15 is 0 Å². The van der Waals surface area contributed by atoms with Crippen molar-refractivity contribution in [2.75, 3.05) is 27.4 Å². The molecule has 6 aromatic carbocycles. The molecule has 242 valence electrons. The second-order valence-electron chi connectivity index (χ2n) is 11.0. The molecule has 6 heteroatoms. The molecule has 0 bridgehead atoms. The molecule has 4 nitrogen and oxygen atoms in total. The first-order valence-corrected chi connectivity index (χ1v) is 17.0. The summed E-state index contributed by atoms with van der Waals surface area (Å²) in [7, 11) is 3.38. The zero-order valence-electron chi connectivity index (χ0n) is 27.4. The van der Waals surface area contributed by atoms with Crippen LogP contribution >= 0.6 is 27.5 Å². The lowest BCUT2D eigenvalue weighted by molar-refractivity contribution is 0.340. The van der Waals surface area contributed by atoms with E-state index in [1.807, 2.05) is 86.6 Å². The highest BCUT2D eigenvalue weighted by Crippen LogP contribution is 2.57. The monoisotopic (exact) mass is 718 g/mol. The van der Waals surface area contributed by atoms with Gasteiger partial charge in [-0.15, -0.1) is 0 Å². The van der Waals surface area contributed by atoms with Crippen molar-refractivity contribution >= 4 is 27.5 Å². The summed E-state index contributed by atoms with van der Waals surface area (Å²) in [5.41, 5.74) is 9.65. The molecule has 0 spiro atoms. The van der Waals surface area contributed by atoms with Gasteiger partial charge in [-0.3, -0.25) is 0 Å². The molecule has 0 fully saturated rings. The molecule has 0 heterocycles. The van der Waals surface area contributed by atoms with Crippen LogP contribution in [0.1, 0.15) is 13.8 Å². The number of benzene rings is 6. The highest BCUT2D eigenvalue weighted by atomic mass is 79.9. The molecular weight excluding hydrogens is 684 g/mol. The first-order chi connectivity index (χ1) is 23.5. The molecule has 0 saturated carbocycles. The van der Waals surface area contributed by atoms with Crippen molar-refractivity contribution in [3.05, 3.63) is 131 Å². The van der Waals surface area contributed by atoms with Gasteiger partial charge in [-0.2, -0.15) is 0 Å². The largest absolute Gasteiger partial charge is 0.497 e. The van der Waals surface area contributed by atoms with Crippen molar-refractivity contribution in [1.29, 1.82) is 0 Å². The van der Waals surface area contributed by atoms with Crippen molar-refractivity contribution in [3.8, 4) is 78.6 Å². The van der Waals surface area contributed by atoms with Gasteiger partial charge >= 0.3 is 0 Å². The number of ether oxygens (including phenoxy) is 4. The van der Waals surface area contributed by atoms with E-state index in [0.29, 0.717) is 18.2 Å². The summed E-state index contributed by atoms with van der Waals surface area (Å²) in [6, 6.07) is 40.7. The number of para-hydroxylation sites is 2. The lowest BCUT2D eigenvalue weighted by Crippen LogP contribution is -2.03. The fourth-order valence-electron chi connectivity index (χ4n) is 6.18. The minimum atomic E-state index is 0.512. The maximum absolute atomic E-state index is 7.08. The van der Waals surface area contributed by atoms with E-state index in [0.717, 1.165) is 83.1 Å². The van der Waals surface area contributed by atoms with Crippen molar-refractivity contribution < 1.29 is 18.9 Å². The summed E-state index contributed by atoms with van der Waals surface area (Å²) in [6.07, 6.45) is 0. The van der Waals surface area contributed by atoms with Gasteiger partial charge in [-0.25, -0.2) is 0 Å². The number of methoxy groups -OCH3 is 2. The quantitative estimate of drug-likeness (QED) is 0.134. The van der Waals surface area contributed by atoms with Crippen LogP contribution in [0, 0.1) is 0 Å². The Kier molecular flexibility index (Phi) is 10.4. The van der Waals surface area contributed by atoms with Crippen LogP contribution in [0.25, 0.3) is 55.6 Å². The molecule has 0 aliphatic rings. The Balaban J connectivity index is 1.90. The first-order valence-electron chi connectivity index (χ1n) is 15.9. The minimum absolute atomic E-state index is 0.512. The first kappa shape index (κ1) is 33.2. The lowest BCUT2D eigenvalue weighted by atomic mass is 9.78. The van der Waals surface area contributed by atoms with Crippen molar-refractivity contribution in [2.45, 2.75) is 13.8 Å². The van der Waals surface area contributed by atoms with Gasteiger partial charge in [0.2, 0.25) is 0 Å². The average Bonchev–Trinajstić information content (AvgIpc) is 3.12. The molecule has 0 radical (unpaired) electrons. The zero-order valence-corrected chi connectivity index (χ0v) is 29.7. The number of hydrogen-bond donors (Lipinski definition) is 0. The summed E-state index contributed by atoms with van der Waals surface area (Å²) in [4.78, 5) is 0. The van der Waals surface area contributed by atoms with E-state index in [1.54, 1.807) is 14.2 Å². The zero-order chi connectivity index (χ0) is 33.6. The van der Waals surface area contributed by atoms with E-state index < -0.39 is 0 Å². The van der Waals surface area contributed by atoms with Crippen LogP contribution in [-0.2, 0) is 0 Å². The van der Waals surface area contributed by atoms with Gasteiger partial charge in [-0.1, -0.05) is 90.5 Å². The molecule has 0 aromatic heterocycles. The topological polar surface area (TPSA) is 36.9 Å². The second-order valence-corrected chi connectivity index (χ2v) is 12.2. The van der Waals surface area contributed by atoms with Gasteiger partial charge in [0.25, 0.3) is 0 Å². The predicted octanol–water partition coefficient (Wildman–Crippen LogP) is 12.3. The molecular formula is C42H36BrClO4. The van der Waals surface area contributed by atoms with Crippen LogP contribution in [0.3, 0.4) is 0 Å². The summed E-state index contributed by atoms with van der Waals surface area (Å²) >= 11 is 11.3. The SMILES string of the molecule is CCOc1ccc(-c2c(Br)c(-c3ccccc3Cl)c(-c3ccccc3OC)c(-c3ccccc3OCC)c2-c2ccc(OC)cc2)cc1. The molecule has 0 amide bonds. The molecule has 6 rings (SSSR count). The van der Waals surface area contributed by atoms with Crippen LogP contribution in [0.4, 0.5) is 0 Å². The smallest absolute Gasteiger partial charge is 0.127 e. The van der Waals surface area contributed by atoms with Gasteiger partial charge in [0.1, 0.15) is 23.0 Å². The van der Waals surface area contributed by atoms with Gasteiger partial charge in [-0.05, 0) is 88.9 Å². The number of halogens is 2. The second kappa shape index (κ2) is 15.0. The average molecular weight is 720 g/mol. The molecule has 6 aromatic rings. The molecule has 0 atom stereocenters. The van der Waals surface area contributed by atoms with E-state index in [-0.39, 0.29) is 0 Å². The van der Waals surface area contributed by atoms with Crippen LogP contribution in [0.15, 0.2) is 126 Å². The van der Waals surface area contributed by atoms with Gasteiger partial charge in [0.15, 0.2) is 0 Å². The van der Waals surface area contributed by atoms with E-state index in [2.05, 4.69) is 64.5 Å². The number of hydrogen-bond acceptors (Lipinski definition) is 4. The van der Waals surface area contributed by atoms with Gasteiger partial charge < -0.3 is 18.9 Å². The Morgan fingerprint density at radius 2 is 0.979 bits per heavy atom. The third-order valence-electron chi connectivity index (χ3n) is 8.25. The van der Waals surface area contributed by atoms with E-state index in [4.69, 9.17) is 30.5 Å². The molecule has 0 saturated heterocycles. The molecule has 0 unspecified atom stereocenters. The highest BCUT2D eigenvalue weighted by Gasteiger charge is 2.30. The van der Waals surface area contributed by atoms with Crippen LogP contribution in [-0.4, -0.2) is 27.4 Å². The fraction of sp³-hybridized carbons (Fsp3) is 0.143. The van der Waals surface area contributed by atoms with Crippen molar-refractivity contribution in [3.63, 3.8) is 0 Å². The van der Waals surface area contributed by atoms with Crippen LogP contribution in [0.2, 0.25) is 5.02 Å². The van der Waals surface area contributed by atoms with Gasteiger partial charge in [0.05, 0.1) is 27.4 Å². The maximum Gasteiger partial charge on any atom is 0.127 e. The Morgan fingerprint density at radius 3 is 1.56 bits per heavy atom. The maximum atomic E-state index is 7.08. The van der Waals surface area contributed by atoms with Crippen LogP contribution < -0.4 is 18.9 Å². The molecule has 0 N–H and O–H groups in total. The van der Waals surface area contributed by atoms with E-state index in [9.17, 15) is 0 Å². The Hall–Kier alpha value is -4.71. The van der Waals surface area contributed by atoms with Gasteiger partial charge in [0, 0.05) is 48.4 Å². The lowest BCUT2D eigenvalue weighted by Gasteiger charge is -2.28. The van der Waals surface area contributed by atoms with Crippen LogP contribution in [0.5, 0.6) is 23.0 Å². The number of rotatable bonds is 11. The van der Waals surface area contributed by atoms with Crippen molar-refractivity contribution in [1.82, 2.24) is 0 Å². The molecule has 0 aliphatic heterocycles.